The van der Waals surface area contributed by atoms with Crippen molar-refractivity contribution in [3.63, 3.8) is 0 Å². The molecule has 150 valence electrons. The molecule has 2 fully saturated rings. The Bertz CT molecular complexity index is 917. The fourth-order valence-electron chi connectivity index (χ4n) is 3.52. The van der Waals surface area contributed by atoms with Gasteiger partial charge in [-0.15, -0.1) is 23.5 Å². The smallest absolute Gasteiger partial charge is 0.256 e. The SMILES string of the molecule is COc1ccc(C2CC2C(=O)C(C(=O)NCc2ccccc2)=C2SCCS2)cc1. The number of ether oxygens (including phenoxy) is 1. The van der Waals surface area contributed by atoms with E-state index in [1.54, 1.807) is 30.6 Å². The van der Waals surface area contributed by atoms with E-state index in [9.17, 15) is 9.59 Å². The molecule has 1 amide bonds. The number of methoxy groups -OCH3 is 1. The van der Waals surface area contributed by atoms with E-state index in [-0.39, 0.29) is 23.5 Å². The van der Waals surface area contributed by atoms with Gasteiger partial charge in [0.15, 0.2) is 5.78 Å². The van der Waals surface area contributed by atoms with Crippen LogP contribution in [-0.4, -0.2) is 30.3 Å². The topological polar surface area (TPSA) is 55.4 Å². The van der Waals surface area contributed by atoms with Crippen molar-refractivity contribution in [1.82, 2.24) is 5.32 Å². The maximum Gasteiger partial charge on any atom is 0.256 e. The van der Waals surface area contributed by atoms with Gasteiger partial charge in [0.05, 0.1) is 11.3 Å². The highest BCUT2D eigenvalue weighted by atomic mass is 32.2. The van der Waals surface area contributed by atoms with Crippen LogP contribution < -0.4 is 10.1 Å². The first kappa shape index (κ1) is 20.1. The number of carbonyl (C=O) groups excluding carboxylic acids is 2. The minimum Gasteiger partial charge on any atom is -0.497 e. The first-order valence-corrected chi connectivity index (χ1v) is 11.6. The summed E-state index contributed by atoms with van der Waals surface area (Å²) in [5.74, 6) is 2.48. The van der Waals surface area contributed by atoms with Crippen LogP contribution in [-0.2, 0) is 16.1 Å². The van der Waals surface area contributed by atoms with Crippen LogP contribution in [0.5, 0.6) is 5.75 Å². The third kappa shape index (κ3) is 4.70. The molecule has 2 atom stereocenters. The Hall–Kier alpha value is -2.18. The molecule has 29 heavy (non-hydrogen) atoms. The second-order valence-electron chi connectivity index (χ2n) is 7.11. The van der Waals surface area contributed by atoms with Crippen molar-refractivity contribution in [1.29, 1.82) is 0 Å². The van der Waals surface area contributed by atoms with E-state index in [4.69, 9.17) is 4.74 Å². The molecule has 1 aliphatic carbocycles. The lowest BCUT2D eigenvalue weighted by atomic mass is 10.0. The molecular weight excluding hydrogens is 402 g/mol. The number of rotatable bonds is 7. The summed E-state index contributed by atoms with van der Waals surface area (Å²) in [7, 11) is 1.64. The zero-order chi connectivity index (χ0) is 20.2. The first-order valence-electron chi connectivity index (χ1n) is 9.67. The summed E-state index contributed by atoms with van der Waals surface area (Å²) in [5, 5.41) is 2.95. The fraction of sp³-hybridized carbons (Fsp3) is 0.304. The Morgan fingerprint density at radius 1 is 1.03 bits per heavy atom. The number of hydrogen-bond donors (Lipinski definition) is 1. The van der Waals surface area contributed by atoms with Gasteiger partial charge in [-0.3, -0.25) is 9.59 Å². The molecule has 4 nitrogen and oxygen atoms in total. The molecule has 1 saturated carbocycles. The summed E-state index contributed by atoms with van der Waals surface area (Å²) < 4.78 is 6.09. The van der Waals surface area contributed by atoms with E-state index in [2.05, 4.69) is 5.32 Å². The quantitative estimate of drug-likeness (QED) is 0.405. The maximum atomic E-state index is 13.3. The van der Waals surface area contributed by atoms with Crippen LogP contribution in [0.25, 0.3) is 0 Å². The molecule has 4 rings (SSSR count). The molecule has 2 aromatic carbocycles. The Balaban J connectivity index is 1.48. The molecular formula is C23H23NO3S2. The monoisotopic (exact) mass is 425 g/mol. The maximum absolute atomic E-state index is 13.3. The van der Waals surface area contributed by atoms with Crippen LogP contribution >= 0.6 is 23.5 Å². The Kier molecular flexibility index (Phi) is 6.31. The van der Waals surface area contributed by atoms with Gasteiger partial charge in [0, 0.05) is 24.0 Å². The second kappa shape index (κ2) is 9.09. The standard InChI is InChI=1S/C23H23NO3S2/c1-27-17-9-7-16(8-10-17)18-13-19(18)21(25)20(23-28-11-12-29-23)22(26)24-14-15-5-3-2-4-6-15/h2-10,18-19H,11-14H2,1H3,(H,24,26). The first-order chi connectivity index (χ1) is 14.2. The van der Waals surface area contributed by atoms with Crippen molar-refractivity contribution in [2.75, 3.05) is 18.6 Å². The molecule has 2 aromatic rings. The van der Waals surface area contributed by atoms with Crippen LogP contribution in [0.2, 0.25) is 0 Å². The molecule has 1 saturated heterocycles. The van der Waals surface area contributed by atoms with Crippen molar-refractivity contribution in [2.45, 2.75) is 18.9 Å². The van der Waals surface area contributed by atoms with E-state index in [1.807, 2.05) is 54.6 Å². The lowest BCUT2D eigenvalue weighted by Crippen LogP contribution is -2.29. The number of hydrogen-bond acceptors (Lipinski definition) is 5. The van der Waals surface area contributed by atoms with Gasteiger partial charge in [-0.1, -0.05) is 42.5 Å². The lowest BCUT2D eigenvalue weighted by molar-refractivity contribution is -0.123. The number of ketones is 1. The average molecular weight is 426 g/mol. The molecule has 1 heterocycles. The summed E-state index contributed by atoms with van der Waals surface area (Å²) in [6.45, 7) is 0.422. The van der Waals surface area contributed by atoms with Gasteiger partial charge in [-0.2, -0.15) is 0 Å². The number of amides is 1. The number of carbonyl (C=O) groups is 2. The molecule has 6 heteroatoms. The summed E-state index contributed by atoms with van der Waals surface area (Å²) in [5.41, 5.74) is 2.51. The molecule has 0 radical (unpaired) electrons. The van der Waals surface area contributed by atoms with Gasteiger partial charge >= 0.3 is 0 Å². The third-order valence-corrected chi connectivity index (χ3v) is 7.91. The molecule has 1 N–H and O–H groups in total. The molecule has 2 unspecified atom stereocenters. The number of benzene rings is 2. The normalized spacial score (nSPS) is 20.2. The number of thioether (sulfide) groups is 2. The van der Waals surface area contributed by atoms with Gasteiger partial charge in [0.2, 0.25) is 0 Å². The van der Waals surface area contributed by atoms with Crippen LogP contribution in [0.4, 0.5) is 0 Å². The van der Waals surface area contributed by atoms with Gasteiger partial charge in [-0.05, 0) is 35.6 Å². The van der Waals surface area contributed by atoms with Crippen molar-refractivity contribution in [2.24, 2.45) is 5.92 Å². The highest BCUT2D eigenvalue weighted by molar-refractivity contribution is 8.25. The molecule has 1 aliphatic heterocycles. The Morgan fingerprint density at radius 2 is 1.72 bits per heavy atom. The van der Waals surface area contributed by atoms with Crippen molar-refractivity contribution in [3.8, 4) is 5.75 Å². The Morgan fingerprint density at radius 3 is 2.38 bits per heavy atom. The average Bonchev–Trinajstić information content (AvgIpc) is 3.40. The molecule has 0 aromatic heterocycles. The Labute approximate surface area is 179 Å². The zero-order valence-electron chi connectivity index (χ0n) is 16.2. The number of nitrogens with one attached hydrogen (secondary N) is 1. The molecule has 0 bridgehead atoms. The summed E-state index contributed by atoms with van der Waals surface area (Å²) >= 11 is 3.24. The predicted octanol–water partition coefficient (Wildman–Crippen LogP) is 4.38. The van der Waals surface area contributed by atoms with E-state index >= 15 is 0 Å². The van der Waals surface area contributed by atoms with Crippen LogP contribution in [0.3, 0.4) is 0 Å². The zero-order valence-corrected chi connectivity index (χ0v) is 17.9. The highest BCUT2D eigenvalue weighted by Gasteiger charge is 2.46. The van der Waals surface area contributed by atoms with Gasteiger partial charge in [0.1, 0.15) is 11.3 Å². The van der Waals surface area contributed by atoms with Gasteiger partial charge in [0.25, 0.3) is 5.91 Å². The number of Topliss-reactive ketones (excluding diaryl/α,β-unsaturated/α-hetero) is 1. The fourth-order valence-corrected chi connectivity index (χ4v) is 6.06. The second-order valence-corrected chi connectivity index (χ2v) is 9.58. The van der Waals surface area contributed by atoms with Crippen LogP contribution in [0, 0.1) is 5.92 Å². The van der Waals surface area contributed by atoms with Gasteiger partial charge < -0.3 is 10.1 Å². The van der Waals surface area contributed by atoms with Crippen molar-refractivity contribution >= 4 is 35.2 Å². The molecule has 2 aliphatic rings. The highest BCUT2D eigenvalue weighted by Crippen LogP contribution is 2.51. The minimum atomic E-state index is -0.254. The van der Waals surface area contributed by atoms with Gasteiger partial charge in [-0.25, -0.2) is 0 Å². The molecule has 0 spiro atoms. The van der Waals surface area contributed by atoms with Crippen LogP contribution in [0.15, 0.2) is 64.4 Å². The van der Waals surface area contributed by atoms with E-state index in [0.29, 0.717) is 12.1 Å². The summed E-state index contributed by atoms with van der Waals surface area (Å²) in [6, 6.07) is 17.6. The summed E-state index contributed by atoms with van der Waals surface area (Å²) in [6.07, 6.45) is 0.795. The lowest BCUT2D eigenvalue weighted by Gasteiger charge is -2.11. The summed E-state index contributed by atoms with van der Waals surface area (Å²) in [4.78, 5) is 26.3. The largest absolute Gasteiger partial charge is 0.497 e. The van der Waals surface area contributed by atoms with Crippen molar-refractivity contribution < 1.29 is 14.3 Å². The van der Waals surface area contributed by atoms with E-state index < -0.39 is 0 Å². The van der Waals surface area contributed by atoms with E-state index in [1.165, 1.54) is 0 Å². The van der Waals surface area contributed by atoms with E-state index in [0.717, 1.165) is 39.0 Å². The van der Waals surface area contributed by atoms with Crippen molar-refractivity contribution in [3.05, 3.63) is 75.5 Å². The van der Waals surface area contributed by atoms with Crippen LogP contribution in [0.1, 0.15) is 23.5 Å². The predicted molar refractivity (Wildman–Crippen MR) is 119 cm³/mol. The minimum absolute atomic E-state index is 0.0201. The third-order valence-electron chi connectivity index (χ3n) is 5.19.